The average Bonchev–Trinajstić information content (AvgIpc) is 2.75. The zero-order valence-corrected chi connectivity index (χ0v) is 16.4. The molecule has 3 heterocycles. The van der Waals surface area contributed by atoms with Crippen molar-refractivity contribution in [1.82, 2.24) is 15.0 Å². The van der Waals surface area contributed by atoms with Crippen molar-refractivity contribution in [2.75, 3.05) is 30.4 Å². The Balaban J connectivity index is 1.32. The summed E-state index contributed by atoms with van der Waals surface area (Å²) in [6.45, 7) is 1.43. The molecule has 30 heavy (non-hydrogen) atoms. The molecular formula is C23H20FN5O. The molecule has 2 aromatic carbocycles. The van der Waals surface area contributed by atoms with Gasteiger partial charge in [-0.3, -0.25) is 9.97 Å². The minimum Gasteiger partial charge on any atom is -0.487 e. The molecule has 0 radical (unpaired) electrons. The number of nitrogens with one attached hydrogen (secondary N) is 1. The van der Waals surface area contributed by atoms with Crippen molar-refractivity contribution >= 4 is 22.5 Å². The first-order chi connectivity index (χ1) is 14.7. The van der Waals surface area contributed by atoms with Gasteiger partial charge in [-0.15, -0.1) is 0 Å². The Labute approximate surface area is 173 Å². The second-order valence-corrected chi connectivity index (χ2v) is 7.21. The Kier molecular flexibility index (Phi) is 4.63. The van der Waals surface area contributed by atoms with Crippen LogP contribution in [0.5, 0.6) is 5.75 Å². The van der Waals surface area contributed by atoms with Crippen molar-refractivity contribution in [1.29, 1.82) is 0 Å². The van der Waals surface area contributed by atoms with E-state index in [1.165, 1.54) is 12.1 Å². The zero-order valence-electron chi connectivity index (χ0n) is 16.4. The third-order valence-corrected chi connectivity index (χ3v) is 5.19. The smallest absolute Gasteiger partial charge is 0.134 e. The molecule has 1 aliphatic heterocycles. The van der Waals surface area contributed by atoms with Crippen LogP contribution in [0.4, 0.5) is 15.9 Å². The highest BCUT2D eigenvalue weighted by atomic mass is 19.1. The predicted molar refractivity (Wildman–Crippen MR) is 115 cm³/mol. The normalized spacial score (nSPS) is 13.9. The fraction of sp³-hybridized carbons (Fsp3) is 0.174. The standard InChI is InChI=1S/C23H20FN5O/c1-25-17-10-20(23-21(11-17)26-7-8-27-23)15-5-6-22(28-12-15)29-13-19(14-29)30-18-4-2-3-16(24)9-18/h2-12,19,25H,13-14H2,1H3. The van der Waals surface area contributed by atoms with Crippen LogP contribution in [0.3, 0.4) is 0 Å². The number of hydrogen-bond acceptors (Lipinski definition) is 6. The van der Waals surface area contributed by atoms with Crippen molar-refractivity contribution in [3.63, 3.8) is 0 Å². The molecule has 0 atom stereocenters. The SMILES string of the molecule is CNc1cc(-c2ccc(N3CC(Oc4cccc(F)c4)C3)nc2)c2nccnc2c1. The van der Waals surface area contributed by atoms with Gasteiger partial charge in [0.2, 0.25) is 0 Å². The first-order valence-corrected chi connectivity index (χ1v) is 9.76. The van der Waals surface area contributed by atoms with Crippen molar-refractivity contribution in [2.24, 2.45) is 0 Å². The summed E-state index contributed by atoms with van der Waals surface area (Å²) >= 11 is 0. The lowest BCUT2D eigenvalue weighted by Crippen LogP contribution is -2.54. The molecule has 1 fully saturated rings. The Morgan fingerprint density at radius 1 is 1.03 bits per heavy atom. The van der Waals surface area contributed by atoms with Crippen molar-refractivity contribution < 1.29 is 9.13 Å². The second kappa shape index (κ2) is 7.59. The van der Waals surface area contributed by atoms with Crippen molar-refractivity contribution in [3.8, 4) is 16.9 Å². The summed E-state index contributed by atoms with van der Waals surface area (Å²) in [6.07, 6.45) is 5.28. The van der Waals surface area contributed by atoms with Gasteiger partial charge in [0.25, 0.3) is 0 Å². The maximum atomic E-state index is 13.3. The molecule has 0 spiro atoms. The number of ether oxygens (including phenoxy) is 1. The maximum Gasteiger partial charge on any atom is 0.134 e. The second-order valence-electron chi connectivity index (χ2n) is 7.21. The summed E-state index contributed by atoms with van der Waals surface area (Å²) in [5.74, 6) is 1.15. The molecule has 1 aliphatic rings. The minimum atomic E-state index is -0.291. The highest BCUT2D eigenvalue weighted by Gasteiger charge is 2.29. The Morgan fingerprint density at radius 3 is 2.67 bits per heavy atom. The van der Waals surface area contributed by atoms with Gasteiger partial charge in [-0.2, -0.15) is 0 Å². The summed E-state index contributed by atoms with van der Waals surface area (Å²) in [6, 6.07) is 14.3. The number of rotatable bonds is 5. The van der Waals surface area contributed by atoms with E-state index in [-0.39, 0.29) is 11.9 Å². The summed E-state index contributed by atoms with van der Waals surface area (Å²) in [5.41, 5.74) is 4.62. The lowest BCUT2D eigenvalue weighted by atomic mass is 10.0. The van der Waals surface area contributed by atoms with Crippen LogP contribution < -0.4 is 15.0 Å². The molecule has 6 nitrogen and oxygen atoms in total. The van der Waals surface area contributed by atoms with Gasteiger partial charge < -0.3 is 15.0 Å². The number of pyridine rings is 1. The molecule has 4 aromatic rings. The quantitative estimate of drug-likeness (QED) is 0.542. The number of nitrogens with zero attached hydrogens (tertiary/aromatic N) is 4. The van der Waals surface area contributed by atoms with Crippen LogP contribution in [0.2, 0.25) is 0 Å². The van der Waals surface area contributed by atoms with E-state index in [9.17, 15) is 4.39 Å². The van der Waals surface area contributed by atoms with Crippen LogP contribution in [0.1, 0.15) is 0 Å². The molecule has 2 aromatic heterocycles. The van der Waals surface area contributed by atoms with E-state index in [1.807, 2.05) is 31.4 Å². The fourth-order valence-electron chi connectivity index (χ4n) is 3.60. The molecule has 0 saturated carbocycles. The van der Waals surface area contributed by atoms with Gasteiger partial charge in [-0.25, -0.2) is 9.37 Å². The Bertz CT molecular complexity index is 1190. The Morgan fingerprint density at radius 2 is 1.90 bits per heavy atom. The van der Waals surface area contributed by atoms with Crippen LogP contribution in [-0.4, -0.2) is 41.2 Å². The van der Waals surface area contributed by atoms with Crippen LogP contribution in [0.25, 0.3) is 22.2 Å². The fourth-order valence-corrected chi connectivity index (χ4v) is 3.60. The summed E-state index contributed by atoms with van der Waals surface area (Å²) in [7, 11) is 1.88. The van der Waals surface area contributed by atoms with E-state index < -0.39 is 0 Å². The highest BCUT2D eigenvalue weighted by molar-refractivity contribution is 5.94. The largest absolute Gasteiger partial charge is 0.487 e. The number of fused-ring (bicyclic) bond motifs is 1. The first-order valence-electron chi connectivity index (χ1n) is 9.76. The van der Waals surface area contributed by atoms with Crippen LogP contribution in [-0.2, 0) is 0 Å². The average molecular weight is 401 g/mol. The van der Waals surface area contributed by atoms with E-state index in [0.717, 1.165) is 33.7 Å². The van der Waals surface area contributed by atoms with Crippen molar-refractivity contribution in [3.05, 3.63) is 72.9 Å². The lowest BCUT2D eigenvalue weighted by molar-refractivity contribution is 0.166. The molecule has 0 unspecified atom stereocenters. The topological polar surface area (TPSA) is 63.2 Å². The molecule has 0 bridgehead atoms. The molecule has 0 aliphatic carbocycles. The first kappa shape index (κ1) is 18.3. The number of hydrogen-bond donors (Lipinski definition) is 1. The Hall–Kier alpha value is -3.74. The third-order valence-electron chi connectivity index (χ3n) is 5.19. The van der Waals surface area contributed by atoms with E-state index in [2.05, 4.69) is 31.2 Å². The van der Waals surface area contributed by atoms with Crippen LogP contribution >= 0.6 is 0 Å². The van der Waals surface area contributed by atoms with E-state index in [0.29, 0.717) is 18.8 Å². The molecular weight excluding hydrogens is 381 g/mol. The van der Waals surface area contributed by atoms with Crippen LogP contribution in [0.15, 0.2) is 67.1 Å². The maximum absolute atomic E-state index is 13.3. The van der Waals surface area contributed by atoms with Gasteiger partial charge in [0.1, 0.15) is 23.5 Å². The number of benzene rings is 2. The summed E-state index contributed by atoms with van der Waals surface area (Å²) in [4.78, 5) is 15.7. The minimum absolute atomic E-state index is 0.0276. The van der Waals surface area contributed by atoms with Crippen molar-refractivity contribution in [2.45, 2.75) is 6.10 Å². The zero-order chi connectivity index (χ0) is 20.5. The number of aromatic nitrogens is 3. The van der Waals surface area contributed by atoms with Gasteiger partial charge in [0.15, 0.2) is 0 Å². The monoisotopic (exact) mass is 401 g/mol. The predicted octanol–water partition coefficient (Wildman–Crippen LogP) is 4.14. The molecule has 0 amide bonds. The molecule has 150 valence electrons. The summed E-state index contributed by atoms with van der Waals surface area (Å²) in [5, 5.41) is 3.17. The van der Waals surface area contributed by atoms with Crippen LogP contribution in [0, 0.1) is 5.82 Å². The number of halogens is 1. The highest BCUT2D eigenvalue weighted by Crippen LogP contribution is 2.31. The molecule has 5 rings (SSSR count). The van der Waals surface area contributed by atoms with E-state index in [1.54, 1.807) is 24.5 Å². The van der Waals surface area contributed by atoms with Gasteiger partial charge in [0.05, 0.1) is 24.1 Å². The molecule has 7 heteroatoms. The molecule has 1 N–H and O–H groups in total. The van der Waals surface area contributed by atoms with Gasteiger partial charge in [0, 0.05) is 48.5 Å². The molecule has 1 saturated heterocycles. The van der Waals surface area contributed by atoms with E-state index in [4.69, 9.17) is 4.74 Å². The lowest BCUT2D eigenvalue weighted by Gasteiger charge is -2.39. The van der Waals surface area contributed by atoms with Gasteiger partial charge in [-0.1, -0.05) is 6.07 Å². The van der Waals surface area contributed by atoms with Gasteiger partial charge in [-0.05, 0) is 36.4 Å². The third kappa shape index (κ3) is 3.50. The summed E-state index contributed by atoms with van der Waals surface area (Å²) < 4.78 is 19.1. The van der Waals surface area contributed by atoms with E-state index >= 15 is 0 Å². The number of anilines is 2. The van der Waals surface area contributed by atoms with Gasteiger partial charge >= 0.3 is 0 Å².